The number of amides is 1. The van der Waals surface area contributed by atoms with E-state index in [-0.39, 0.29) is 17.6 Å². The van der Waals surface area contributed by atoms with Gasteiger partial charge in [0.1, 0.15) is 17.3 Å². The third kappa shape index (κ3) is 4.11. The summed E-state index contributed by atoms with van der Waals surface area (Å²) in [6.07, 6.45) is 4.99. The fraction of sp³-hybridized carbons (Fsp3) is 0.263. The monoisotopic (exact) mass is 384 g/mol. The molecule has 3 heterocycles. The number of ether oxygens (including phenoxy) is 1. The third-order valence-corrected chi connectivity index (χ3v) is 5.01. The maximum Gasteiger partial charge on any atom is 0.273 e. The van der Waals surface area contributed by atoms with Crippen molar-refractivity contribution in [3.8, 4) is 11.6 Å². The molecule has 1 aliphatic rings. The maximum absolute atomic E-state index is 13.3. The molecule has 3 aromatic rings. The predicted octanol–water partition coefficient (Wildman–Crippen LogP) is 3.88. The second-order valence-electron chi connectivity index (χ2n) is 6.31. The lowest BCUT2D eigenvalue weighted by Crippen LogP contribution is -2.39. The van der Waals surface area contributed by atoms with Gasteiger partial charge in [-0.15, -0.1) is 11.3 Å². The van der Waals surface area contributed by atoms with E-state index in [1.807, 2.05) is 4.90 Å². The van der Waals surface area contributed by atoms with Crippen LogP contribution >= 0.6 is 11.3 Å². The van der Waals surface area contributed by atoms with Crippen LogP contribution in [0.4, 0.5) is 4.39 Å². The number of carbonyl (C=O) groups is 1. The summed E-state index contributed by atoms with van der Waals surface area (Å²) < 4.78 is 18.9. The van der Waals surface area contributed by atoms with Crippen molar-refractivity contribution in [3.05, 3.63) is 64.8 Å². The number of aromatic nitrogens is 3. The van der Waals surface area contributed by atoms with Gasteiger partial charge in [-0.05, 0) is 25.0 Å². The van der Waals surface area contributed by atoms with Gasteiger partial charge in [-0.1, -0.05) is 6.07 Å². The second kappa shape index (κ2) is 7.79. The van der Waals surface area contributed by atoms with Crippen LogP contribution in [0.3, 0.4) is 0 Å². The van der Waals surface area contributed by atoms with Crippen LogP contribution in [0.1, 0.15) is 34.9 Å². The Hall–Kier alpha value is -2.87. The molecule has 0 aliphatic carbocycles. The smallest absolute Gasteiger partial charge is 0.273 e. The quantitative estimate of drug-likeness (QED) is 0.683. The van der Waals surface area contributed by atoms with Crippen molar-refractivity contribution in [2.75, 3.05) is 13.1 Å². The molecule has 1 atom stereocenters. The zero-order chi connectivity index (χ0) is 18.6. The highest BCUT2D eigenvalue weighted by atomic mass is 32.1. The van der Waals surface area contributed by atoms with E-state index in [9.17, 15) is 9.18 Å². The molecule has 1 fully saturated rings. The van der Waals surface area contributed by atoms with E-state index in [2.05, 4.69) is 15.0 Å². The van der Waals surface area contributed by atoms with Crippen LogP contribution in [0.2, 0.25) is 0 Å². The van der Waals surface area contributed by atoms with E-state index in [4.69, 9.17) is 4.74 Å². The third-order valence-electron chi connectivity index (χ3n) is 4.43. The molecule has 1 aromatic carbocycles. The minimum absolute atomic E-state index is 0.0546. The molecule has 4 rings (SSSR count). The molecule has 0 radical (unpaired) electrons. The largest absolute Gasteiger partial charge is 0.437 e. The first-order valence-electron chi connectivity index (χ1n) is 8.62. The summed E-state index contributed by atoms with van der Waals surface area (Å²) in [5.74, 6) is 0.317. The van der Waals surface area contributed by atoms with Gasteiger partial charge in [0.15, 0.2) is 0 Å². The van der Waals surface area contributed by atoms with Gasteiger partial charge < -0.3 is 9.64 Å². The standard InChI is InChI=1S/C19H17FN4O2S/c20-14-4-1-5-15(7-14)26-18-9-21-8-16(23-18)13-3-2-6-24(10-13)19(25)17-11-27-12-22-17/h1,4-5,7-9,11-13H,2-3,6,10H2/t13-/m1/s1. The highest BCUT2D eigenvalue weighted by Gasteiger charge is 2.27. The number of nitrogens with zero attached hydrogens (tertiary/aromatic N) is 4. The molecule has 8 heteroatoms. The van der Waals surface area contributed by atoms with Gasteiger partial charge in [0, 0.05) is 36.7 Å². The maximum atomic E-state index is 13.3. The van der Waals surface area contributed by atoms with Crippen molar-refractivity contribution in [2.45, 2.75) is 18.8 Å². The number of thiazole rings is 1. The summed E-state index contributed by atoms with van der Waals surface area (Å²) >= 11 is 1.41. The van der Waals surface area contributed by atoms with Crippen molar-refractivity contribution in [1.29, 1.82) is 0 Å². The van der Waals surface area contributed by atoms with Crippen molar-refractivity contribution in [3.63, 3.8) is 0 Å². The molecule has 6 nitrogen and oxygen atoms in total. The normalized spacial score (nSPS) is 16.9. The zero-order valence-corrected chi connectivity index (χ0v) is 15.2. The molecule has 0 unspecified atom stereocenters. The molecule has 1 saturated heterocycles. The van der Waals surface area contributed by atoms with Crippen LogP contribution in [0, 0.1) is 5.82 Å². The Bertz CT molecular complexity index is 935. The first-order valence-corrected chi connectivity index (χ1v) is 9.56. The lowest BCUT2D eigenvalue weighted by atomic mass is 9.95. The summed E-state index contributed by atoms with van der Waals surface area (Å²) in [6.45, 7) is 1.27. The van der Waals surface area contributed by atoms with E-state index in [1.165, 1.54) is 29.7 Å². The van der Waals surface area contributed by atoms with E-state index >= 15 is 0 Å². The highest BCUT2D eigenvalue weighted by molar-refractivity contribution is 7.07. The van der Waals surface area contributed by atoms with Gasteiger partial charge in [0.2, 0.25) is 5.88 Å². The fourth-order valence-corrected chi connectivity index (χ4v) is 3.67. The Labute approximate surface area is 159 Å². The Morgan fingerprint density at radius 3 is 3.07 bits per heavy atom. The second-order valence-corrected chi connectivity index (χ2v) is 7.02. The van der Waals surface area contributed by atoms with Gasteiger partial charge in [-0.25, -0.2) is 14.4 Å². The van der Waals surface area contributed by atoms with Crippen LogP contribution in [0.25, 0.3) is 0 Å². The number of likely N-dealkylation sites (tertiary alicyclic amines) is 1. The van der Waals surface area contributed by atoms with Crippen LogP contribution in [0.15, 0.2) is 47.5 Å². The van der Waals surface area contributed by atoms with Gasteiger partial charge in [-0.2, -0.15) is 0 Å². The molecule has 0 bridgehead atoms. The minimum atomic E-state index is -0.375. The van der Waals surface area contributed by atoms with E-state index < -0.39 is 0 Å². The van der Waals surface area contributed by atoms with E-state index in [0.29, 0.717) is 30.4 Å². The lowest BCUT2D eigenvalue weighted by Gasteiger charge is -2.32. The van der Waals surface area contributed by atoms with Gasteiger partial charge in [-0.3, -0.25) is 9.78 Å². The fourth-order valence-electron chi connectivity index (χ4n) is 3.14. The molecule has 1 amide bonds. The Kier molecular flexibility index (Phi) is 5.06. The Balaban J connectivity index is 1.48. The molecule has 0 N–H and O–H groups in total. The summed E-state index contributed by atoms with van der Waals surface area (Å²) in [5, 5.41) is 1.76. The topological polar surface area (TPSA) is 68.2 Å². The molecular weight excluding hydrogens is 367 g/mol. The molecule has 27 heavy (non-hydrogen) atoms. The molecule has 138 valence electrons. The number of hydrogen-bond acceptors (Lipinski definition) is 6. The predicted molar refractivity (Wildman–Crippen MR) is 98.5 cm³/mol. The summed E-state index contributed by atoms with van der Waals surface area (Å²) in [4.78, 5) is 27.2. The average molecular weight is 384 g/mol. The lowest BCUT2D eigenvalue weighted by molar-refractivity contribution is 0.0700. The summed E-state index contributed by atoms with van der Waals surface area (Å²) in [7, 11) is 0. The van der Waals surface area contributed by atoms with Crippen molar-refractivity contribution >= 4 is 17.2 Å². The number of hydrogen-bond donors (Lipinski definition) is 0. The molecule has 0 spiro atoms. The van der Waals surface area contributed by atoms with E-state index in [1.54, 1.807) is 29.2 Å². The zero-order valence-electron chi connectivity index (χ0n) is 14.4. The van der Waals surface area contributed by atoms with Crippen molar-refractivity contribution < 1.29 is 13.9 Å². The SMILES string of the molecule is O=C(c1cscn1)N1CCC[C@@H](c2cncc(Oc3cccc(F)c3)n2)C1. The summed E-state index contributed by atoms with van der Waals surface area (Å²) in [6, 6.07) is 5.88. The van der Waals surface area contributed by atoms with Crippen LogP contribution in [0.5, 0.6) is 11.6 Å². The van der Waals surface area contributed by atoms with Gasteiger partial charge >= 0.3 is 0 Å². The first kappa shape index (κ1) is 17.5. The number of piperidine rings is 1. The minimum Gasteiger partial charge on any atom is -0.437 e. The van der Waals surface area contributed by atoms with Gasteiger partial charge in [0.25, 0.3) is 5.91 Å². The molecule has 1 aliphatic heterocycles. The number of benzene rings is 1. The average Bonchev–Trinajstić information content (AvgIpc) is 3.23. The van der Waals surface area contributed by atoms with Crippen LogP contribution < -0.4 is 4.74 Å². The molecule has 0 saturated carbocycles. The van der Waals surface area contributed by atoms with E-state index in [0.717, 1.165) is 18.5 Å². The van der Waals surface area contributed by atoms with Crippen molar-refractivity contribution in [2.24, 2.45) is 0 Å². The number of rotatable bonds is 4. The van der Waals surface area contributed by atoms with Crippen LogP contribution in [-0.2, 0) is 0 Å². The first-order chi connectivity index (χ1) is 13.2. The molecular formula is C19H17FN4O2S. The molecule has 2 aromatic heterocycles. The Morgan fingerprint density at radius 1 is 1.33 bits per heavy atom. The highest BCUT2D eigenvalue weighted by Crippen LogP contribution is 2.28. The number of carbonyl (C=O) groups excluding carboxylic acids is 1. The number of halogens is 1. The van der Waals surface area contributed by atoms with Crippen molar-refractivity contribution in [1.82, 2.24) is 19.9 Å². The van der Waals surface area contributed by atoms with Gasteiger partial charge in [0.05, 0.1) is 17.4 Å². The van der Waals surface area contributed by atoms with Crippen LogP contribution in [-0.4, -0.2) is 38.8 Å². The Morgan fingerprint density at radius 2 is 2.26 bits per heavy atom. The summed E-state index contributed by atoms with van der Waals surface area (Å²) in [5.41, 5.74) is 2.91.